The molecule has 0 spiro atoms. The third-order valence-corrected chi connectivity index (χ3v) is 4.18. The summed E-state index contributed by atoms with van der Waals surface area (Å²) >= 11 is 0. The minimum atomic E-state index is -3.62. The Morgan fingerprint density at radius 1 is 1.44 bits per heavy atom. The van der Waals surface area contributed by atoms with Gasteiger partial charge in [0.1, 0.15) is 0 Å². The molecule has 0 aromatic heterocycles. The summed E-state index contributed by atoms with van der Waals surface area (Å²) in [5.41, 5.74) is 0.313. The van der Waals surface area contributed by atoms with Crippen molar-refractivity contribution in [3.05, 3.63) is 29.8 Å². The maximum absolute atomic E-state index is 12.3. The molecule has 0 unspecified atom stereocenters. The molecule has 94 valence electrons. The molecule has 0 N–H and O–H groups in total. The first-order chi connectivity index (χ1) is 8.56. The van der Waals surface area contributed by atoms with Crippen molar-refractivity contribution in [2.45, 2.75) is 18.2 Å². The summed E-state index contributed by atoms with van der Waals surface area (Å²) in [5, 5.41) is 8.78. The average molecular weight is 262 g/mol. The molecule has 0 saturated heterocycles. The van der Waals surface area contributed by atoms with Crippen LogP contribution >= 0.6 is 0 Å². The number of hydrogen-bond acceptors (Lipinski definition) is 3. The lowest BCUT2D eigenvalue weighted by atomic mass is 10.2. The van der Waals surface area contributed by atoms with Gasteiger partial charge in [0.2, 0.25) is 10.0 Å². The first-order valence-electron chi connectivity index (χ1n) is 5.50. The first kappa shape index (κ1) is 14.2. The molecule has 0 saturated carbocycles. The molecule has 0 fully saturated rings. The van der Waals surface area contributed by atoms with Crippen LogP contribution in [0.15, 0.2) is 29.2 Å². The Balaban J connectivity index is 3.19. The van der Waals surface area contributed by atoms with Gasteiger partial charge < -0.3 is 0 Å². The van der Waals surface area contributed by atoms with E-state index in [0.717, 1.165) is 0 Å². The zero-order valence-corrected chi connectivity index (χ0v) is 10.9. The molecule has 0 bridgehead atoms. The second-order valence-electron chi connectivity index (χ2n) is 3.68. The maximum Gasteiger partial charge on any atom is 0.243 e. The second kappa shape index (κ2) is 6.20. The first-order valence-corrected chi connectivity index (χ1v) is 6.94. The molecule has 0 heterocycles. The summed E-state index contributed by atoms with van der Waals surface area (Å²) in [5.74, 6) is 2.34. The summed E-state index contributed by atoms with van der Waals surface area (Å²) < 4.78 is 25.8. The fourth-order valence-corrected chi connectivity index (χ4v) is 3.00. The fraction of sp³-hybridized carbons (Fsp3) is 0.308. The Morgan fingerprint density at radius 2 is 2.17 bits per heavy atom. The monoisotopic (exact) mass is 262 g/mol. The van der Waals surface area contributed by atoms with Crippen LogP contribution in [0.1, 0.15) is 18.9 Å². The molecule has 18 heavy (non-hydrogen) atoms. The summed E-state index contributed by atoms with van der Waals surface area (Å²) in [6.45, 7) is 2.28. The Kier molecular flexibility index (Phi) is 4.91. The van der Waals surface area contributed by atoms with Crippen LogP contribution in [0.4, 0.5) is 0 Å². The minimum absolute atomic E-state index is 0.0347. The zero-order chi connectivity index (χ0) is 13.6. The molecule has 4 nitrogen and oxygen atoms in total. The van der Waals surface area contributed by atoms with Crippen LogP contribution in [0.25, 0.3) is 0 Å². The smallest absolute Gasteiger partial charge is 0.207 e. The quantitative estimate of drug-likeness (QED) is 0.757. The van der Waals surface area contributed by atoms with Crippen molar-refractivity contribution in [1.82, 2.24) is 4.31 Å². The van der Waals surface area contributed by atoms with Gasteiger partial charge in [-0.25, -0.2) is 8.42 Å². The van der Waals surface area contributed by atoms with Gasteiger partial charge in [-0.1, -0.05) is 18.9 Å². The number of nitrogens with zero attached hydrogens (tertiary/aromatic N) is 2. The van der Waals surface area contributed by atoms with E-state index < -0.39 is 10.0 Å². The predicted octanol–water partition coefficient (Wildman–Crippen LogP) is 1.59. The lowest BCUT2D eigenvalue weighted by Crippen LogP contribution is -2.32. The van der Waals surface area contributed by atoms with Crippen LogP contribution in [0.2, 0.25) is 0 Å². The van der Waals surface area contributed by atoms with E-state index in [2.05, 4.69) is 5.92 Å². The van der Waals surface area contributed by atoms with Gasteiger partial charge in [0.05, 0.1) is 23.1 Å². The van der Waals surface area contributed by atoms with Gasteiger partial charge in [0.25, 0.3) is 0 Å². The molecule has 0 aliphatic heterocycles. The number of hydrogen-bond donors (Lipinski definition) is 0. The maximum atomic E-state index is 12.3. The van der Waals surface area contributed by atoms with Gasteiger partial charge in [0, 0.05) is 6.54 Å². The number of benzene rings is 1. The predicted molar refractivity (Wildman–Crippen MR) is 69.0 cm³/mol. The van der Waals surface area contributed by atoms with Crippen molar-refractivity contribution in [3.63, 3.8) is 0 Å². The van der Waals surface area contributed by atoms with E-state index in [1.54, 1.807) is 12.1 Å². The van der Waals surface area contributed by atoms with E-state index in [0.29, 0.717) is 18.5 Å². The number of sulfonamides is 1. The molecule has 0 radical (unpaired) electrons. The second-order valence-corrected chi connectivity index (χ2v) is 5.62. The molecule has 5 heteroatoms. The molecule has 0 aliphatic rings. The van der Waals surface area contributed by atoms with Gasteiger partial charge in [-0.3, -0.25) is 0 Å². The number of rotatable bonds is 5. The highest BCUT2D eigenvalue weighted by Crippen LogP contribution is 2.16. The van der Waals surface area contributed by atoms with E-state index in [1.807, 2.05) is 13.0 Å². The molecule has 1 aromatic rings. The molecular weight excluding hydrogens is 248 g/mol. The Hall–Kier alpha value is -1.82. The largest absolute Gasteiger partial charge is 0.243 e. The summed E-state index contributed by atoms with van der Waals surface area (Å²) in [4.78, 5) is 0.102. The van der Waals surface area contributed by atoms with E-state index in [9.17, 15) is 8.42 Å². The highest BCUT2D eigenvalue weighted by molar-refractivity contribution is 7.89. The molecule has 1 rings (SSSR count). The topological polar surface area (TPSA) is 61.2 Å². The van der Waals surface area contributed by atoms with Crippen LogP contribution in [-0.4, -0.2) is 25.8 Å². The van der Waals surface area contributed by atoms with E-state index >= 15 is 0 Å². The van der Waals surface area contributed by atoms with Gasteiger partial charge in [-0.2, -0.15) is 9.57 Å². The number of terminal acetylenes is 1. The van der Waals surface area contributed by atoms with E-state index in [1.165, 1.54) is 16.4 Å². The molecule has 0 aliphatic carbocycles. The molecular formula is C13H14N2O2S. The summed E-state index contributed by atoms with van der Waals surface area (Å²) in [6, 6.07) is 7.85. The third-order valence-electron chi connectivity index (χ3n) is 2.34. The van der Waals surface area contributed by atoms with Gasteiger partial charge in [-0.05, 0) is 24.6 Å². The van der Waals surface area contributed by atoms with Crippen molar-refractivity contribution in [2.24, 2.45) is 0 Å². The standard InChI is InChI=1S/C13H14N2O2S/c1-3-8-15(9-4-2)18(16,17)13-7-5-6-12(10-13)11-14/h1,5-7,10H,4,8-9H2,2H3. The molecule has 1 aromatic carbocycles. The lowest BCUT2D eigenvalue weighted by Gasteiger charge is -2.19. The average Bonchev–Trinajstić information content (AvgIpc) is 2.38. The van der Waals surface area contributed by atoms with Crippen LogP contribution in [0.3, 0.4) is 0 Å². The van der Waals surface area contributed by atoms with Crippen molar-refractivity contribution in [3.8, 4) is 18.4 Å². The van der Waals surface area contributed by atoms with Crippen LogP contribution < -0.4 is 0 Å². The van der Waals surface area contributed by atoms with E-state index in [4.69, 9.17) is 11.7 Å². The van der Waals surface area contributed by atoms with Crippen molar-refractivity contribution in [2.75, 3.05) is 13.1 Å². The van der Waals surface area contributed by atoms with Gasteiger partial charge in [0.15, 0.2) is 0 Å². The summed E-state index contributed by atoms with van der Waals surface area (Å²) in [6.07, 6.45) is 5.86. The fourth-order valence-electron chi connectivity index (χ4n) is 1.51. The van der Waals surface area contributed by atoms with Crippen molar-refractivity contribution < 1.29 is 8.42 Å². The van der Waals surface area contributed by atoms with Crippen molar-refractivity contribution >= 4 is 10.0 Å². The van der Waals surface area contributed by atoms with Crippen LogP contribution in [0, 0.1) is 23.7 Å². The Bertz CT molecular complexity index is 594. The lowest BCUT2D eigenvalue weighted by molar-refractivity contribution is 0.445. The molecule has 0 amide bonds. The highest BCUT2D eigenvalue weighted by Gasteiger charge is 2.23. The van der Waals surface area contributed by atoms with Gasteiger partial charge >= 0.3 is 0 Å². The Morgan fingerprint density at radius 3 is 2.72 bits per heavy atom. The third kappa shape index (κ3) is 3.10. The van der Waals surface area contributed by atoms with Crippen molar-refractivity contribution in [1.29, 1.82) is 5.26 Å². The highest BCUT2D eigenvalue weighted by atomic mass is 32.2. The molecule has 0 atom stereocenters. The van der Waals surface area contributed by atoms with Crippen LogP contribution in [0.5, 0.6) is 0 Å². The van der Waals surface area contributed by atoms with Gasteiger partial charge in [-0.15, -0.1) is 6.42 Å². The minimum Gasteiger partial charge on any atom is -0.207 e. The number of nitriles is 1. The summed E-state index contributed by atoms with van der Waals surface area (Å²) in [7, 11) is -3.62. The SMILES string of the molecule is C#CCN(CCC)S(=O)(=O)c1cccc(C#N)c1. The zero-order valence-electron chi connectivity index (χ0n) is 10.1. The normalized spacial score (nSPS) is 10.9. The van der Waals surface area contributed by atoms with E-state index in [-0.39, 0.29) is 11.4 Å². The Labute approximate surface area is 108 Å². The van der Waals surface area contributed by atoms with Crippen LogP contribution in [-0.2, 0) is 10.0 Å².